The van der Waals surface area contributed by atoms with Gasteiger partial charge in [0.1, 0.15) is 5.75 Å². The van der Waals surface area contributed by atoms with Gasteiger partial charge in [0.15, 0.2) is 5.82 Å². The van der Waals surface area contributed by atoms with Crippen molar-refractivity contribution in [2.24, 2.45) is 0 Å². The molecule has 0 atom stereocenters. The Bertz CT molecular complexity index is 519. The molecule has 5 nitrogen and oxygen atoms in total. The molecule has 2 rings (SSSR count). The Morgan fingerprint density at radius 1 is 1.31 bits per heavy atom. The Kier molecular flexibility index (Phi) is 2.52. The molecule has 0 unspecified atom stereocenters. The number of methoxy groups -OCH3 is 1. The zero-order chi connectivity index (χ0) is 11.7. The fraction of sp³-hybridized carbons (Fsp3) is 0.273. The molecular formula is C11H14N4O. The predicted octanol–water partition coefficient (Wildman–Crippen LogP) is 1.47. The molecule has 0 saturated carbocycles. The van der Waals surface area contributed by atoms with E-state index in [1.807, 2.05) is 32.0 Å². The van der Waals surface area contributed by atoms with E-state index in [9.17, 15) is 0 Å². The number of anilines is 1. The summed E-state index contributed by atoms with van der Waals surface area (Å²) in [5.41, 5.74) is 8.47. The monoisotopic (exact) mass is 218 g/mol. The summed E-state index contributed by atoms with van der Waals surface area (Å²) in [4.78, 5) is 0. The van der Waals surface area contributed by atoms with Crippen LogP contribution in [0.15, 0.2) is 18.2 Å². The van der Waals surface area contributed by atoms with Gasteiger partial charge in [-0.1, -0.05) is 5.21 Å². The van der Waals surface area contributed by atoms with Gasteiger partial charge in [-0.25, -0.2) is 4.68 Å². The minimum absolute atomic E-state index is 0.452. The second-order valence-corrected chi connectivity index (χ2v) is 3.63. The van der Waals surface area contributed by atoms with Gasteiger partial charge in [0.2, 0.25) is 0 Å². The van der Waals surface area contributed by atoms with Crippen molar-refractivity contribution in [1.29, 1.82) is 0 Å². The van der Waals surface area contributed by atoms with E-state index in [-0.39, 0.29) is 0 Å². The number of nitrogens with zero attached hydrogens (tertiary/aromatic N) is 3. The highest BCUT2D eigenvalue weighted by atomic mass is 16.5. The van der Waals surface area contributed by atoms with E-state index in [0.29, 0.717) is 5.82 Å². The van der Waals surface area contributed by atoms with Crippen molar-refractivity contribution in [3.63, 3.8) is 0 Å². The predicted molar refractivity (Wildman–Crippen MR) is 61.8 cm³/mol. The van der Waals surface area contributed by atoms with Gasteiger partial charge in [-0.3, -0.25) is 0 Å². The van der Waals surface area contributed by atoms with Crippen LogP contribution < -0.4 is 10.5 Å². The molecule has 0 spiro atoms. The molecule has 0 aliphatic heterocycles. The molecule has 0 saturated heterocycles. The Balaban J connectivity index is 2.49. The average molecular weight is 218 g/mol. The third-order valence-electron chi connectivity index (χ3n) is 2.55. The van der Waals surface area contributed by atoms with Crippen molar-refractivity contribution in [3.8, 4) is 11.4 Å². The summed E-state index contributed by atoms with van der Waals surface area (Å²) < 4.78 is 6.91. The van der Waals surface area contributed by atoms with Crippen LogP contribution in [0.2, 0.25) is 0 Å². The molecule has 0 bridgehead atoms. The summed E-state index contributed by atoms with van der Waals surface area (Å²) in [6.07, 6.45) is 0. The molecule has 0 aliphatic carbocycles. The lowest BCUT2D eigenvalue weighted by Gasteiger charge is -2.08. The average Bonchev–Trinajstić information content (AvgIpc) is 2.60. The molecule has 2 N–H and O–H groups in total. The first-order valence-electron chi connectivity index (χ1n) is 4.96. The van der Waals surface area contributed by atoms with Gasteiger partial charge >= 0.3 is 0 Å². The molecule has 0 fully saturated rings. The van der Waals surface area contributed by atoms with Gasteiger partial charge < -0.3 is 10.5 Å². The first-order valence-corrected chi connectivity index (χ1v) is 4.96. The topological polar surface area (TPSA) is 66.0 Å². The normalized spacial score (nSPS) is 10.4. The van der Waals surface area contributed by atoms with Gasteiger partial charge in [-0.15, -0.1) is 5.10 Å². The van der Waals surface area contributed by atoms with E-state index >= 15 is 0 Å². The summed E-state index contributed by atoms with van der Waals surface area (Å²) in [6, 6.07) is 5.81. The molecule has 0 amide bonds. The lowest BCUT2D eigenvalue weighted by Crippen LogP contribution is -2.00. The van der Waals surface area contributed by atoms with Crippen molar-refractivity contribution in [2.75, 3.05) is 12.8 Å². The fourth-order valence-corrected chi connectivity index (χ4v) is 1.58. The third kappa shape index (κ3) is 1.60. The molecule has 1 heterocycles. The van der Waals surface area contributed by atoms with E-state index in [4.69, 9.17) is 10.5 Å². The van der Waals surface area contributed by atoms with E-state index < -0.39 is 0 Å². The van der Waals surface area contributed by atoms with Crippen LogP contribution in [0.5, 0.6) is 5.75 Å². The number of hydrogen-bond acceptors (Lipinski definition) is 4. The minimum atomic E-state index is 0.452. The SMILES string of the molecule is COc1ccc(-n2nnc(N)c2C)cc1C. The van der Waals surface area contributed by atoms with Crippen LogP contribution in [0.1, 0.15) is 11.3 Å². The van der Waals surface area contributed by atoms with Crippen molar-refractivity contribution >= 4 is 5.82 Å². The maximum absolute atomic E-state index is 5.65. The van der Waals surface area contributed by atoms with Crippen LogP contribution >= 0.6 is 0 Å². The lowest BCUT2D eigenvalue weighted by molar-refractivity contribution is 0.411. The first-order chi connectivity index (χ1) is 7.63. The van der Waals surface area contributed by atoms with Gasteiger partial charge in [0.05, 0.1) is 18.5 Å². The van der Waals surface area contributed by atoms with Crippen LogP contribution in [0.25, 0.3) is 5.69 Å². The summed E-state index contributed by atoms with van der Waals surface area (Å²) in [5.74, 6) is 1.31. The zero-order valence-electron chi connectivity index (χ0n) is 9.56. The lowest BCUT2D eigenvalue weighted by atomic mass is 10.2. The summed E-state index contributed by atoms with van der Waals surface area (Å²) in [6.45, 7) is 3.87. The van der Waals surface area contributed by atoms with E-state index in [2.05, 4.69) is 10.3 Å². The van der Waals surface area contributed by atoms with Gasteiger partial charge in [0, 0.05) is 0 Å². The van der Waals surface area contributed by atoms with Crippen molar-refractivity contribution < 1.29 is 4.74 Å². The molecule has 2 aromatic rings. The fourth-order valence-electron chi connectivity index (χ4n) is 1.58. The molecule has 5 heteroatoms. The largest absolute Gasteiger partial charge is 0.496 e. The number of hydrogen-bond donors (Lipinski definition) is 1. The van der Waals surface area contributed by atoms with E-state index in [1.165, 1.54) is 0 Å². The smallest absolute Gasteiger partial charge is 0.169 e. The number of ether oxygens (including phenoxy) is 1. The molecular weight excluding hydrogens is 204 g/mol. The summed E-state index contributed by atoms with van der Waals surface area (Å²) >= 11 is 0. The highest BCUT2D eigenvalue weighted by molar-refractivity contribution is 5.46. The summed E-state index contributed by atoms with van der Waals surface area (Å²) in [7, 11) is 1.65. The van der Waals surface area contributed by atoms with Crippen LogP contribution in [0, 0.1) is 13.8 Å². The van der Waals surface area contributed by atoms with Gasteiger partial charge in [-0.05, 0) is 37.6 Å². The third-order valence-corrected chi connectivity index (χ3v) is 2.55. The molecule has 1 aromatic carbocycles. The Morgan fingerprint density at radius 2 is 2.06 bits per heavy atom. The van der Waals surface area contributed by atoms with Crippen LogP contribution in [-0.2, 0) is 0 Å². The maximum Gasteiger partial charge on any atom is 0.169 e. The minimum Gasteiger partial charge on any atom is -0.496 e. The van der Waals surface area contributed by atoms with Crippen molar-refractivity contribution in [1.82, 2.24) is 15.0 Å². The van der Waals surface area contributed by atoms with Crippen LogP contribution in [0.3, 0.4) is 0 Å². The number of aryl methyl sites for hydroxylation is 1. The number of benzene rings is 1. The quantitative estimate of drug-likeness (QED) is 0.829. The van der Waals surface area contributed by atoms with Gasteiger partial charge in [0.25, 0.3) is 0 Å². The van der Waals surface area contributed by atoms with Crippen molar-refractivity contribution in [3.05, 3.63) is 29.5 Å². The number of nitrogen functional groups attached to an aromatic ring is 1. The molecule has 0 aliphatic rings. The number of rotatable bonds is 2. The molecule has 84 valence electrons. The summed E-state index contributed by atoms with van der Waals surface area (Å²) in [5, 5.41) is 7.81. The van der Waals surface area contributed by atoms with Crippen LogP contribution in [0.4, 0.5) is 5.82 Å². The highest BCUT2D eigenvalue weighted by Crippen LogP contribution is 2.21. The first kappa shape index (κ1) is 10.5. The Labute approximate surface area is 93.8 Å². The number of nitrogens with two attached hydrogens (primary N) is 1. The van der Waals surface area contributed by atoms with Crippen molar-refractivity contribution in [2.45, 2.75) is 13.8 Å². The van der Waals surface area contributed by atoms with E-state index in [0.717, 1.165) is 22.7 Å². The number of aromatic nitrogens is 3. The second-order valence-electron chi connectivity index (χ2n) is 3.63. The molecule has 0 radical (unpaired) electrons. The molecule has 1 aromatic heterocycles. The van der Waals surface area contributed by atoms with Gasteiger partial charge in [-0.2, -0.15) is 0 Å². The highest BCUT2D eigenvalue weighted by Gasteiger charge is 2.08. The Morgan fingerprint density at radius 3 is 2.56 bits per heavy atom. The Hall–Kier alpha value is -2.04. The maximum atomic E-state index is 5.65. The second kappa shape index (κ2) is 3.84. The van der Waals surface area contributed by atoms with Crippen LogP contribution in [-0.4, -0.2) is 22.1 Å². The standard InChI is InChI=1S/C11H14N4O/c1-7-6-9(4-5-10(7)16-3)15-8(2)11(12)13-14-15/h4-6H,12H2,1-3H3. The van der Waals surface area contributed by atoms with E-state index in [1.54, 1.807) is 11.8 Å². The molecule has 16 heavy (non-hydrogen) atoms. The zero-order valence-corrected chi connectivity index (χ0v) is 9.56.